The Morgan fingerprint density at radius 1 is 1.43 bits per heavy atom. The predicted molar refractivity (Wildman–Crippen MR) is 54.0 cm³/mol. The van der Waals surface area contributed by atoms with E-state index in [4.69, 9.17) is 4.84 Å². The van der Waals surface area contributed by atoms with E-state index in [1.54, 1.807) is 0 Å². The normalized spacial score (nSPS) is 15.8. The highest BCUT2D eigenvalue weighted by atomic mass is 79.9. The van der Waals surface area contributed by atoms with Crippen LogP contribution in [-0.4, -0.2) is 12.9 Å². The smallest absolute Gasteiger partial charge is 0.418 e. The summed E-state index contributed by atoms with van der Waals surface area (Å²) in [6, 6.07) is 7.47. The zero-order chi connectivity index (χ0) is 9.97. The van der Waals surface area contributed by atoms with Crippen LogP contribution in [-0.2, 0) is 14.9 Å². The molecule has 1 amide bonds. The molecule has 0 unspecified atom stereocenters. The first kappa shape index (κ1) is 9.48. The molecule has 1 saturated heterocycles. The number of nitrogens with zero attached hydrogens (tertiary/aromatic N) is 1. The molecule has 1 aromatic carbocycles. The number of ether oxygens (including phenoxy) is 1. The Hall–Kier alpha value is -1.07. The quantitative estimate of drug-likeness (QED) is 0.764. The highest BCUT2D eigenvalue weighted by molar-refractivity contribution is 9.08. The summed E-state index contributed by atoms with van der Waals surface area (Å²) in [7, 11) is 0. The van der Waals surface area contributed by atoms with Crippen LogP contribution in [0.3, 0.4) is 0 Å². The number of rotatable bonds is 2. The second kappa shape index (κ2) is 3.98. The summed E-state index contributed by atoms with van der Waals surface area (Å²) < 4.78 is 4.67. The molecule has 1 aromatic rings. The van der Waals surface area contributed by atoms with Crippen LogP contribution in [0.2, 0.25) is 0 Å². The van der Waals surface area contributed by atoms with Crippen LogP contribution in [0, 0.1) is 0 Å². The fourth-order valence-corrected chi connectivity index (χ4v) is 1.70. The number of para-hydroxylation sites is 1. The molecular formula is C9H8BrNO3. The van der Waals surface area contributed by atoms with Crippen LogP contribution in [0.4, 0.5) is 10.5 Å². The van der Waals surface area contributed by atoms with E-state index in [2.05, 4.69) is 20.7 Å². The van der Waals surface area contributed by atoms with Gasteiger partial charge in [0, 0.05) is 5.33 Å². The highest BCUT2D eigenvalue weighted by Crippen LogP contribution is 2.25. The van der Waals surface area contributed by atoms with Gasteiger partial charge in [-0.15, -0.1) is 5.06 Å². The molecule has 0 bridgehead atoms. The van der Waals surface area contributed by atoms with Gasteiger partial charge >= 0.3 is 6.09 Å². The van der Waals surface area contributed by atoms with Crippen molar-refractivity contribution in [2.24, 2.45) is 0 Å². The number of hydrogen-bond donors (Lipinski definition) is 0. The first-order valence-corrected chi connectivity index (χ1v) is 5.19. The van der Waals surface area contributed by atoms with Crippen molar-refractivity contribution in [3.63, 3.8) is 0 Å². The van der Waals surface area contributed by atoms with Gasteiger partial charge in [0.25, 0.3) is 0 Å². The van der Waals surface area contributed by atoms with Crippen molar-refractivity contribution >= 4 is 27.7 Å². The van der Waals surface area contributed by atoms with Gasteiger partial charge in [-0.2, -0.15) is 0 Å². The molecule has 14 heavy (non-hydrogen) atoms. The number of cyclic esters (lactones) is 1. The number of benzene rings is 1. The molecule has 0 radical (unpaired) electrons. The first-order chi connectivity index (χ1) is 6.83. The summed E-state index contributed by atoms with van der Waals surface area (Å²) in [4.78, 5) is 16.2. The largest absolute Gasteiger partial charge is 0.441 e. The van der Waals surface area contributed by atoms with E-state index in [1.807, 2.05) is 24.3 Å². The number of alkyl halides is 1. The molecule has 0 spiro atoms. The fraction of sp³-hybridized carbons (Fsp3) is 0.222. The van der Waals surface area contributed by atoms with Crippen molar-refractivity contribution in [1.29, 1.82) is 0 Å². The molecule has 1 aliphatic heterocycles. The van der Waals surface area contributed by atoms with Crippen LogP contribution < -0.4 is 5.06 Å². The van der Waals surface area contributed by atoms with Gasteiger partial charge in [-0.3, -0.25) is 0 Å². The molecule has 5 heteroatoms. The van der Waals surface area contributed by atoms with Crippen LogP contribution in [0.5, 0.6) is 0 Å². The molecule has 0 N–H and O–H groups in total. The maximum Gasteiger partial charge on any atom is 0.441 e. The van der Waals surface area contributed by atoms with Gasteiger partial charge < -0.3 is 4.74 Å². The van der Waals surface area contributed by atoms with Gasteiger partial charge in [0.1, 0.15) is 0 Å². The first-order valence-electron chi connectivity index (χ1n) is 4.06. The molecule has 1 aliphatic rings. The van der Waals surface area contributed by atoms with Crippen LogP contribution in [0.25, 0.3) is 0 Å². The molecule has 1 heterocycles. The lowest BCUT2D eigenvalue weighted by Gasteiger charge is -2.13. The van der Waals surface area contributed by atoms with E-state index in [1.165, 1.54) is 0 Å². The van der Waals surface area contributed by atoms with Gasteiger partial charge in [0.05, 0.1) is 5.69 Å². The average molecular weight is 258 g/mol. The molecule has 1 fully saturated rings. The van der Waals surface area contributed by atoms with Gasteiger partial charge in [-0.1, -0.05) is 34.1 Å². The molecule has 0 saturated carbocycles. The molecule has 0 aliphatic carbocycles. The van der Waals surface area contributed by atoms with E-state index in [0.717, 1.165) is 10.6 Å². The average Bonchev–Trinajstić information content (AvgIpc) is 2.64. The van der Waals surface area contributed by atoms with Crippen LogP contribution >= 0.6 is 15.9 Å². The lowest BCUT2D eigenvalue weighted by Crippen LogP contribution is -2.22. The van der Waals surface area contributed by atoms with E-state index >= 15 is 0 Å². The zero-order valence-electron chi connectivity index (χ0n) is 7.27. The van der Waals surface area contributed by atoms with E-state index in [0.29, 0.717) is 11.0 Å². The van der Waals surface area contributed by atoms with Gasteiger partial charge in [-0.25, -0.2) is 9.63 Å². The minimum atomic E-state index is -0.474. The van der Waals surface area contributed by atoms with E-state index in [-0.39, 0.29) is 6.79 Å². The molecule has 4 nitrogen and oxygen atoms in total. The monoisotopic (exact) mass is 257 g/mol. The number of carbonyl (C=O) groups is 1. The summed E-state index contributed by atoms with van der Waals surface area (Å²) in [5, 5.41) is 1.83. The Labute approximate surface area is 89.5 Å². The predicted octanol–water partition coefficient (Wildman–Crippen LogP) is 2.43. The van der Waals surface area contributed by atoms with Crippen molar-refractivity contribution in [3.05, 3.63) is 29.8 Å². The minimum Gasteiger partial charge on any atom is -0.418 e. The maximum absolute atomic E-state index is 11.2. The molecule has 2 rings (SSSR count). The number of amides is 1. The number of halogens is 1. The third-order valence-corrected chi connectivity index (χ3v) is 2.49. The maximum atomic E-state index is 11.2. The summed E-state index contributed by atoms with van der Waals surface area (Å²) in [6.45, 7) is -0.0184. The number of carbonyl (C=O) groups excluding carboxylic acids is 1. The Bertz CT molecular complexity index is 356. The summed E-state index contributed by atoms with van der Waals surface area (Å²) in [5.41, 5.74) is 1.69. The third-order valence-electron chi connectivity index (χ3n) is 1.88. The van der Waals surface area contributed by atoms with Crippen molar-refractivity contribution in [2.75, 3.05) is 11.9 Å². The Kier molecular flexibility index (Phi) is 2.69. The van der Waals surface area contributed by atoms with E-state index in [9.17, 15) is 4.79 Å². The highest BCUT2D eigenvalue weighted by Gasteiger charge is 2.26. The lowest BCUT2D eigenvalue weighted by molar-refractivity contribution is 0.0704. The van der Waals surface area contributed by atoms with Gasteiger partial charge in [0.15, 0.2) is 0 Å². The second-order valence-corrected chi connectivity index (χ2v) is 3.27. The molecule has 0 aromatic heterocycles. The van der Waals surface area contributed by atoms with Crippen molar-refractivity contribution < 1.29 is 14.4 Å². The standard InChI is InChI=1S/C9H8BrNO3/c10-5-7-3-1-2-4-8(7)11-9(12)13-6-14-11/h1-4H,5-6H2. The Morgan fingerprint density at radius 2 is 2.21 bits per heavy atom. The molecular weight excluding hydrogens is 250 g/mol. The second-order valence-electron chi connectivity index (χ2n) is 2.71. The zero-order valence-corrected chi connectivity index (χ0v) is 8.86. The van der Waals surface area contributed by atoms with Gasteiger partial charge in [0.2, 0.25) is 6.79 Å². The topological polar surface area (TPSA) is 38.8 Å². The minimum absolute atomic E-state index is 0.0184. The van der Waals surface area contributed by atoms with Crippen LogP contribution in [0.15, 0.2) is 24.3 Å². The fourth-order valence-electron chi connectivity index (χ4n) is 1.23. The van der Waals surface area contributed by atoms with Gasteiger partial charge in [-0.05, 0) is 11.6 Å². The number of anilines is 1. The van der Waals surface area contributed by atoms with Crippen molar-refractivity contribution in [2.45, 2.75) is 5.33 Å². The van der Waals surface area contributed by atoms with Crippen molar-refractivity contribution in [1.82, 2.24) is 0 Å². The Morgan fingerprint density at radius 3 is 2.86 bits per heavy atom. The SMILES string of the molecule is O=C1OCON1c1ccccc1CBr. The summed E-state index contributed by atoms with van der Waals surface area (Å²) >= 11 is 3.34. The number of hydrogen-bond acceptors (Lipinski definition) is 3. The third kappa shape index (κ3) is 1.60. The van der Waals surface area contributed by atoms with Crippen molar-refractivity contribution in [3.8, 4) is 0 Å². The Balaban J connectivity index is 2.35. The number of hydroxylamine groups is 1. The van der Waals surface area contributed by atoms with Crippen LogP contribution in [0.1, 0.15) is 5.56 Å². The van der Waals surface area contributed by atoms with E-state index < -0.39 is 6.09 Å². The molecule has 0 atom stereocenters. The molecule has 74 valence electrons. The summed E-state index contributed by atoms with van der Waals surface area (Å²) in [5.74, 6) is 0. The lowest BCUT2D eigenvalue weighted by atomic mass is 10.2. The summed E-state index contributed by atoms with van der Waals surface area (Å²) in [6.07, 6.45) is -0.474.